The molecule has 3 saturated heterocycles. The van der Waals surface area contributed by atoms with Crippen LogP contribution in [0.15, 0.2) is 24.5 Å². The Balaban J connectivity index is 1.07. The van der Waals surface area contributed by atoms with Crippen LogP contribution in [0.1, 0.15) is 49.9 Å². The van der Waals surface area contributed by atoms with Crippen molar-refractivity contribution in [3.8, 4) is 23.1 Å². The Morgan fingerprint density at radius 1 is 1.15 bits per heavy atom. The molecule has 2 aromatic heterocycles. The summed E-state index contributed by atoms with van der Waals surface area (Å²) in [5.74, 6) is 2.29. The number of aryl methyl sites for hydroxylation is 1. The second-order valence-corrected chi connectivity index (χ2v) is 11.8. The Morgan fingerprint density at radius 2 is 2.00 bits per heavy atom. The summed E-state index contributed by atoms with van der Waals surface area (Å²) < 4.78 is 13.7. The summed E-state index contributed by atoms with van der Waals surface area (Å²) in [7, 11) is 2.06. The molecule has 3 aliphatic heterocycles. The number of nitriles is 1. The second-order valence-electron chi connectivity index (χ2n) is 11.8. The van der Waals surface area contributed by atoms with Gasteiger partial charge in [0.2, 0.25) is 11.7 Å². The third-order valence-corrected chi connectivity index (χ3v) is 9.01. The van der Waals surface area contributed by atoms with E-state index in [0.29, 0.717) is 41.2 Å². The topological polar surface area (TPSA) is 109 Å². The van der Waals surface area contributed by atoms with Crippen LogP contribution in [0.4, 0.5) is 0 Å². The maximum Gasteiger partial charge on any atom is 0.239 e. The fraction of sp³-hybridized carbons (Fsp3) is 0.581. The monoisotopic (exact) mass is 557 g/mol. The Morgan fingerprint density at radius 3 is 2.71 bits per heavy atom. The number of hydrogen-bond acceptors (Lipinski definition) is 8. The van der Waals surface area contributed by atoms with Gasteiger partial charge in [-0.1, -0.05) is 0 Å². The molecular weight excluding hydrogens is 518 g/mol. The van der Waals surface area contributed by atoms with Crippen LogP contribution in [-0.4, -0.2) is 87.8 Å². The zero-order valence-electron chi connectivity index (χ0n) is 24.1. The van der Waals surface area contributed by atoms with Gasteiger partial charge in [0.25, 0.3) is 0 Å². The van der Waals surface area contributed by atoms with Crippen LogP contribution in [-0.2, 0) is 16.1 Å². The molecule has 1 unspecified atom stereocenters. The van der Waals surface area contributed by atoms with Crippen molar-refractivity contribution in [1.82, 2.24) is 29.3 Å². The molecule has 1 aromatic carbocycles. The molecular formula is C31H39N7O3. The van der Waals surface area contributed by atoms with E-state index in [9.17, 15) is 10.1 Å². The first-order chi connectivity index (χ1) is 20.0. The van der Waals surface area contributed by atoms with Gasteiger partial charge in [0.1, 0.15) is 23.0 Å². The number of amides is 1. The molecule has 41 heavy (non-hydrogen) atoms. The molecule has 0 aliphatic carbocycles. The van der Waals surface area contributed by atoms with Crippen molar-refractivity contribution in [2.24, 2.45) is 11.8 Å². The van der Waals surface area contributed by atoms with Crippen LogP contribution in [0.5, 0.6) is 5.75 Å². The summed E-state index contributed by atoms with van der Waals surface area (Å²) in [4.78, 5) is 30.8. The number of hydrogen-bond donors (Lipinski definition) is 0. The number of fused-ring (bicyclic) bond motifs is 1. The lowest BCUT2D eigenvalue weighted by molar-refractivity contribution is -0.137. The normalized spacial score (nSPS) is 21.9. The minimum absolute atomic E-state index is 0.0773. The number of ether oxygens (including phenoxy) is 2. The van der Waals surface area contributed by atoms with E-state index in [2.05, 4.69) is 37.9 Å². The highest BCUT2D eigenvalue weighted by molar-refractivity contribution is 5.88. The average Bonchev–Trinajstić information content (AvgIpc) is 3.76. The van der Waals surface area contributed by atoms with Gasteiger partial charge in [-0.2, -0.15) is 10.2 Å². The van der Waals surface area contributed by atoms with Crippen molar-refractivity contribution in [2.45, 2.75) is 58.0 Å². The molecule has 0 bridgehead atoms. The number of carbonyl (C=O) groups excluding carboxylic acids is 1. The Kier molecular flexibility index (Phi) is 8.17. The molecule has 1 amide bonds. The molecule has 216 valence electrons. The largest absolute Gasteiger partial charge is 0.493 e. The van der Waals surface area contributed by atoms with Gasteiger partial charge in [-0.25, -0.2) is 9.97 Å². The molecule has 10 heteroatoms. The van der Waals surface area contributed by atoms with E-state index < -0.39 is 0 Å². The van der Waals surface area contributed by atoms with Gasteiger partial charge in [0.05, 0.1) is 25.6 Å². The minimum atomic E-state index is 0.0773. The van der Waals surface area contributed by atoms with Gasteiger partial charge in [-0.3, -0.25) is 9.69 Å². The number of rotatable bonds is 8. The first-order valence-electron chi connectivity index (χ1n) is 14.9. The zero-order chi connectivity index (χ0) is 28.3. The number of benzene rings is 1. The lowest BCUT2D eigenvalue weighted by Gasteiger charge is -2.34. The predicted molar refractivity (Wildman–Crippen MR) is 154 cm³/mol. The standard InChI is InChI=1S/C31H39N7O3/c1-21-16-24(28-29-30(35-27(17-32)34-28)38(20-33-29)18-23-9-14-40-19-23)5-6-26(21)41-15-10-22-7-12-37(13-8-22)31(39)25-4-3-11-36(25)2/h5-6,16,20,22-23,25H,3-4,7-15,18-19H2,1-2H3/t23?,25-/m0/s1. The average molecular weight is 558 g/mol. The van der Waals surface area contributed by atoms with Crippen LogP contribution in [0.3, 0.4) is 0 Å². The molecule has 3 fully saturated rings. The van der Waals surface area contributed by atoms with Crippen molar-refractivity contribution in [3.63, 3.8) is 0 Å². The van der Waals surface area contributed by atoms with E-state index in [4.69, 9.17) is 9.47 Å². The molecule has 10 nitrogen and oxygen atoms in total. The van der Waals surface area contributed by atoms with Crippen LogP contribution >= 0.6 is 0 Å². The number of aromatic nitrogens is 4. The molecule has 5 heterocycles. The van der Waals surface area contributed by atoms with Gasteiger partial charge >= 0.3 is 0 Å². The summed E-state index contributed by atoms with van der Waals surface area (Å²) in [5.41, 5.74) is 3.93. The fourth-order valence-electron chi connectivity index (χ4n) is 6.50. The summed E-state index contributed by atoms with van der Waals surface area (Å²) in [6, 6.07) is 8.21. The Hall–Kier alpha value is -3.55. The van der Waals surface area contributed by atoms with Crippen LogP contribution in [0.2, 0.25) is 0 Å². The van der Waals surface area contributed by atoms with Crippen molar-refractivity contribution in [1.29, 1.82) is 5.26 Å². The molecule has 6 rings (SSSR count). The number of likely N-dealkylation sites (tertiary alicyclic amines) is 2. The quantitative estimate of drug-likeness (QED) is 0.411. The maximum absolute atomic E-state index is 12.9. The van der Waals surface area contributed by atoms with E-state index in [-0.39, 0.29) is 11.9 Å². The summed E-state index contributed by atoms with van der Waals surface area (Å²) >= 11 is 0. The fourth-order valence-corrected chi connectivity index (χ4v) is 6.50. The molecule has 3 aliphatic rings. The van der Waals surface area contributed by atoms with E-state index in [1.54, 1.807) is 6.33 Å². The number of piperidine rings is 1. The van der Waals surface area contributed by atoms with Gasteiger partial charge in [-0.05, 0) is 88.7 Å². The molecule has 0 N–H and O–H groups in total. The maximum atomic E-state index is 12.9. The minimum Gasteiger partial charge on any atom is -0.493 e. The number of imidazole rings is 1. The van der Waals surface area contributed by atoms with E-state index >= 15 is 0 Å². The summed E-state index contributed by atoms with van der Waals surface area (Å²) in [5, 5.41) is 9.62. The number of carbonyl (C=O) groups is 1. The highest BCUT2D eigenvalue weighted by atomic mass is 16.5. The highest BCUT2D eigenvalue weighted by Crippen LogP contribution is 2.31. The summed E-state index contributed by atoms with van der Waals surface area (Å²) in [6.07, 6.45) is 7.97. The van der Waals surface area contributed by atoms with Crippen molar-refractivity contribution in [3.05, 3.63) is 35.9 Å². The Bertz CT molecular complexity index is 1430. The van der Waals surface area contributed by atoms with Crippen molar-refractivity contribution in [2.75, 3.05) is 46.5 Å². The lowest BCUT2D eigenvalue weighted by Crippen LogP contribution is -2.47. The second kappa shape index (κ2) is 12.1. The highest BCUT2D eigenvalue weighted by Gasteiger charge is 2.33. The van der Waals surface area contributed by atoms with Gasteiger partial charge < -0.3 is 18.9 Å². The van der Waals surface area contributed by atoms with Crippen molar-refractivity contribution < 1.29 is 14.3 Å². The van der Waals surface area contributed by atoms with Gasteiger partial charge in [0.15, 0.2) is 5.65 Å². The third-order valence-electron chi connectivity index (χ3n) is 9.01. The predicted octanol–water partition coefficient (Wildman–Crippen LogP) is 3.81. The molecule has 0 radical (unpaired) electrons. The third kappa shape index (κ3) is 5.92. The number of likely N-dealkylation sites (N-methyl/N-ethyl adjacent to an activating group) is 1. The first-order valence-corrected chi connectivity index (χ1v) is 14.9. The van der Waals surface area contributed by atoms with Crippen molar-refractivity contribution >= 4 is 17.1 Å². The molecule has 3 aromatic rings. The van der Waals surface area contributed by atoms with Crippen LogP contribution < -0.4 is 4.74 Å². The summed E-state index contributed by atoms with van der Waals surface area (Å²) in [6.45, 7) is 7.69. The molecule has 0 saturated carbocycles. The first kappa shape index (κ1) is 27.6. The smallest absolute Gasteiger partial charge is 0.239 e. The Labute approximate surface area is 241 Å². The van der Waals surface area contributed by atoms with Crippen LogP contribution in [0, 0.1) is 30.1 Å². The molecule has 2 atom stereocenters. The van der Waals surface area contributed by atoms with Gasteiger partial charge in [-0.15, -0.1) is 0 Å². The zero-order valence-corrected chi connectivity index (χ0v) is 24.1. The SMILES string of the molecule is Cc1cc(-c2nc(C#N)nc3c2ncn3CC2CCOC2)ccc1OCCC1CCN(C(=O)[C@@H]2CCCN2C)CC1. The van der Waals surface area contributed by atoms with E-state index in [1.807, 2.05) is 29.7 Å². The molecule has 0 spiro atoms. The van der Waals surface area contributed by atoms with E-state index in [1.165, 1.54) is 0 Å². The van der Waals surface area contributed by atoms with E-state index in [0.717, 1.165) is 94.8 Å². The lowest BCUT2D eigenvalue weighted by atomic mass is 9.93. The number of nitrogens with zero attached hydrogens (tertiary/aromatic N) is 7. The van der Waals surface area contributed by atoms with Crippen LogP contribution in [0.25, 0.3) is 22.4 Å². The van der Waals surface area contributed by atoms with Gasteiger partial charge in [0, 0.05) is 37.7 Å².